The zero-order valence-corrected chi connectivity index (χ0v) is 11.5. The molecule has 0 radical (unpaired) electrons. The van der Waals surface area contributed by atoms with Crippen LogP contribution >= 0.6 is 15.9 Å². The second-order valence-corrected chi connectivity index (χ2v) is 6.17. The third kappa shape index (κ3) is 3.08. The maximum Gasteiger partial charge on any atom is 0.261 e. The number of rotatable bonds is 3. The highest BCUT2D eigenvalue weighted by atomic mass is 79.9. The van der Waals surface area contributed by atoms with Gasteiger partial charge in [0.2, 0.25) is 0 Å². The van der Waals surface area contributed by atoms with E-state index in [1.165, 1.54) is 30.3 Å². The Kier molecular flexibility index (Phi) is 3.68. The van der Waals surface area contributed by atoms with Gasteiger partial charge in [0.25, 0.3) is 10.0 Å². The molecule has 2 aromatic carbocycles. The minimum atomic E-state index is -3.68. The van der Waals surface area contributed by atoms with E-state index in [1.807, 2.05) is 0 Å². The molecule has 0 atom stereocenters. The predicted molar refractivity (Wildman–Crippen MR) is 71.4 cm³/mol. The van der Waals surface area contributed by atoms with Crippen molar-refractivity contribution in [2.75, 3.05) is 4.72 Å². The van der Waals surface area contributed by atoms with Crippen LogP contribution in [0.1, 0.15) is 0 Å². The van der Waals surface area contributed by atoms with Crippen LogP contribution in [0.4, 0.5) is 10.1 Å². The fraction of sp³-hybridized carbons (Fsp3) is 0. The van der Waals surface area contributed by atoms with E-state index in [2.05, 4.69) is 20.7 Å². The van der Waals surface area contributed by atoms with Crippen LogP contribution in [-0.2, 0) is 10.0 Å². The number of halogens is 2. The standard InChI is InChI=1S/C12H9BrFNO2S/c13-9-4-6-12(7-5-9)18(16,17)15-11-3-1-2-10(14)8-11/h1-8,15H. The van der Waals surface area contributed by atoms with Gasteiger partial charge in [-0.3, -0.25) is 4.72 Å². The molecule has 0 unspecified atom stereocenters. The van der Waals surface area contributed by atoms with E-state index in [9.17, 15) is 12.8 Å². The second kappa shape index (κ2) is 5.07. The summed E-state index contributed by atoms with van der Waals surface area (Å²) in [6.07, 6.45) is 0. The fourth-order valence-electron chi connectivity index (χ4n) is 1.38. The molecular weight excluding hydrogens is 321 g/mol. The van der Waals surface area contributed by atoms with Crippen LogP contribution in [0.5, 0.6) is 0 Å². The number of hydrogen-bond acceptors (Lipinski definition) is 2. The van der Waals surface area contributed by atoms with Crippen molar-refractivity contribution >= 4 is 31.6 Å². The van der Waals surface area contributed by atoms with Gasteiger partial charge in [-0.15, -0.1) is 0 Å². The van der Waals surface area contributed by atoms with Crippen LogP contribution in [-0.4, -0.2) is 8.42 Å². The minimum absolute atomic E-state index is 0.120. The van der Waals surface area contributed by atoms with Gasteiger partial charge in [-0.25, -0.2) is 12.8 Å². The van der Waals surface area contributed by atoms with Gasteiger partial charge in [-0.1, -0.05) is 22.0 Å². The third-order valence-electron chi connectivity index (χ3n) is 2.20. The first kappa shape index (κ1) is 13.0. The Morgan fingerprint density at radius 2 is 1.72 bits per heavy atom. The van der Waals surface area contributed by atoms with E-state index in [0.717, 1.165) is 10.5 Å². The molecule has 0 heterocycles. The van der Waals surface area contributed by atoms with Crippen LogP contribution in [0.25, 0.3) is 0 Å². The van der Waals surface area contributed by atoms with Crippen molar-refractivity contribution in [2.45, 2.75) is 4.90 Å². The predicted octanol–water partition coefficient (Wildman–Crippen LogP) is 3.39. The molecule has 18 heavy (non-hydrogen) atoms. The van der Waals surface area contributed by atoms with Gasteiger partial charge >= 0.3 is 0 Å². The highest BCUT2D eigenvalue weighted by Crippen LogP contribution is 2.18. The zero-order chi connectivity index (χ0) is 13.2. The van der Waals surface area contributed by atoms with Gasteiger partial charge in [0.05, 0.1) is 10.6 Å². The first-order chi connectivity index (χ1) is 8.47. The normalized spacial score (nSPS) is 11.2. The summed E-state index contributed by atoms with van der Waals surface area (Å²) in [4.78, 5) is 0.120. The van der Waals surface area contributed by atoms with Gasteiger partial charge in [0, 0.05) is 4.47 Å². The van der Waals surface area contributed by atoms with E-state index in [1.54, 1.807) is 12.1 Å². The third-order valence-corrected chi connectivity index (χ3v) is 4.13. The van der Waals surface area contributed by atoms with E-state index < -0.39 is 15.8 Å². The average molecular weight is 330 g/mol. The minimum Gasteiger partial charge on any atom is -0.280 e. The molecule has 1 N–H and O–H groups in total. The summed E-state index contributed by atoms with van der Waals surface area (Å²) in [5.74, 6) is -0.494. The first-order valence-corrected chi connectivity index (χ1v) is 7.29. The van der Waals surface area contributed by atoms with Gasteiger partial charge in [0.15, 0.2) is 0 Å². The van der Waals surface area contributed by atoms with E-state index in [4.69, 9.17) is 0 Å². The molecule has 0 aromatic heterocycles. The smallest absolute Gasteiger partial charge is 0.261 e. The van der Waals surface area contributed by atoms with Crippen molar-refractivity contribution in [1.29, 1.82) is 0 Å². The van der Waals surface area contributed by atoms with Crippen molar-refractivity contribution in [3.8, 4) is 0 Å². The lowest BCUT2D eigenvalue weighted by Crippen LogP contribution is -2.12. The molecule has 0 saturated carbocycles. The van der Waals surface area contributed by atoms with Crippen LogP contribution in [0, 0.1) is 5.82 Å². The summed E-state index contributed by atoms with van der Waals surface area (Å²) < 4.78 is 40.0. The van der Waals surface area contributed by atoms with Crippen LogP contribution < -0.4 is 4.72 Å². The summed E-state index contributed by atoms with van der Waals surface area (Å²) in [6, 6.07) is 11.5. The number of hydrogen-bond donors (Lipinski definition) is 1. The Hall–Kier alpha value is -1.40. The Bertz CT molecular complexity index is 656. The van der Waals surface area contributed by atoms with E-state index >= 15 is 0 Å². The summed E-state index contributed by atoms with van der Waals surface area (Å²) in [5.41, 5.74) is 0.193. The fourth-order valence-corrected chi connectivity index (χ4v) is 2.69. The van der Waals surface area contributed by atoms with Crippen LogP contribution in [0.2, 0.25) is 0 Å². The topological polar surface area (TPSA) is 46.2 Å². The molecule has 94 valence electrons. The number of nitrogens with one attached hydrogen (secondary N) is 1. The van der Waals surface area contributed by atoms with Crippen molar-refractivity contribution in [3.05, 3.63) is 58.8 Å². The lowest BCUT2D eigenvalue weighted by Gasteiger charge is -2.08. The zero-order valence-electron chi connectivity index (χ0n) is 9.10. The van der Waals surface area contributed by atoms with Gasteiger partial charge in [-0.05, 0) is 42.5 Å². The van der Waals surface area contributed by atoms with Gasteiger partial charge < -0.3 is 0 Å². The Morgan fingerprint density at radius 3 is 2.33 bits per heavy atom. The number of anilines is 1. The van der Waals surface area contributed by atoms with Crippen molar-refractivity contribution in [1.82, 2.24) is 0 Å². The molecule has 0 bridgehead atoms. The Balaban J connectivity index is 2.30. The Labute approximate surface area is 113 Å². The maximum absolute atomic E-state index is 13.0. The molecule has 0 saturated heterocycles. The van der Waals surface area contributed by atoms with Gasteiger partial charge in [-0.2, -0.15) is 0 Å². The molecule has 0 spiro atoms. The van der Waals surface area contributed by atoms with E-state index in [-0.39, 0.29) is 10.6 Å². The summed E-state index contributed by atoms with van der Waals surface area (Å²) >= 11 is 3.22. The molecule has 0 aliphatic carbocycles. The highest BCUT2D eigenvalue weighted by molar-refractivity contribution is 9.10. The lowest BCUT2D eigenvalue weighted by atomic mass is 10.3. The summed E-state index contributed by atoms with van der Waals surface area (Å²) in [6.45, 7) is 0. The highest BCUT2D eigenvalue weighted by Gasteiger charge is 2.13. The van der Waals surface area contributed by atoms with Crippen molar-refractivity contribution in [2.24, 2.45) is 0 Å². The van der Waals surface area contributed by atoms with Crippen LogP contribution in [0.15, 0.2) is 57.9 Å². The first-order valence-electron chi connectivity index (χ1n) is 5.01. The molecule has 0 aliphatic heterocycles. The van der Waals surface area contributed by atoms with Gasteiger partial charge in [0.1, 0.15) is 5.82 Å². The Morgan fingerprint density at radius 1 is 1.06 bits per heavy atom. The monoisotopic (exact) mass is 329 g/mol. The summed E-state index contributed by atoms with van der Waals surface area (Å²) in [5, 5.41) is 0. The van der Waals surface area contributed by atoms with Crippen LogP contribution in [0.3, 0.4) is 0 Å². The second-order valence-electron chi connectivity index (χ2n) is 3.57. The molecule has 2 rings (SSSR count). The molecule has 6 heteroatoms. The molecule has 0 amide bonds. The molecule has 0 fully saturated rings. The average Bonchev–Trinajstić information content (AvgIpc) is 2.29. The molecule has 2 aromatic rings. The van der Waals surface area contributed by atoms with E-state index in [0.29, 0.717) is 0 Å². The van der Waals surface area contributed by atoms with Crippen molar-refractivity contribution < 1.29 is 12.8 Å². The van der Waals surface area contributed by atoms with Crippen molar-refractivity contribution in [3.63, 3.8) is 0 Å². The molecule has 0 aliphatic rings. The molecule has 3 nitrogen and oxygen atoms in total. The largest absolute Gasteiger partial charge is 0.280 e. The lowest BCUT2D eigenvalue weighted by molar-refractivity contribution is 0.601. The summed E-state index contributed by atoms with van der Waals surface area (Å²) in [7, 11) is -3.68. The molecular formula is C12H9BrFNO2S. The SMILES string of the molecule is O=S(=O)(Nc1cccc(F)c1)c1ccc(Br)cc1. The number of benzene rings is 2. The quantitative estimate of drug-likeness (QED) is 0.938. The maximum atomic E-state index is 13.0. The number of sulfonamides is 1.